The van der Waals surface area contributed by atoms with E-state index in [2.05, 4.69) is 6.58 Å². The Morgan fingerprint density at radius 3 is 2.58 bits per heavy atom. The molecule has 0 spiro atoms. The van der Waals surface area contributed by atoms with Gasteiger partial charge in [0.05, 0.1) is 11.8 Å². The van der Waals surface area contributed by atoms with Crippen molar-refractivity contribution in [2.24, 2.45) is 0 Å². The maximum atomic E-state index is 14.3. The summed E-state index contributed by atoms with van der Waals surface area (Å²) in [7, 11) is 0. The van der Waals surface area contributed by atoms with E-state index in [0.717, 1.165) is 18.1 Å². The second-order valence-electron chi connectivity index (χ2n) is 9.15. The Morgan fingerprint density at radius 2 is 1.87 bits per heavy atom. The number of thioether (sulfide) groups is 1. The van der Waals surface area contributed by atoms with Crippen molar-refractivity contribution in [1.29, 1.82) is 0 Å². The fourth-order valence-corrected chi connectivity index (χ4v) is 5.85. The molecule has 6 nitrogen and oxygen atoms in total. The third-order valence-corrected chi connectivity index (χ3v) is 7.71. The number of hydrogen-bond acceptors (Lipinski definition) is 5. The topological polar surface area (TPSA) is 54.8 Å². The van der Waals surface area contributed by atoms with Gasteiger partial charge in [-0.1, -0.05) is 36.9 Å². The number of carbonyl (C=O) groups is 1. The van der Waals surface area contributed by atoms with Gasteiger partial charge in [-0.25, -0.2) is 4.39 Å². The lowest BCUT2D eigenvalue weighted by Gasteiger charge is -2.46. The molecule has 0 fully saturated rings. The Labute approximate surface area is 220 Å². The van der Waals surface area contributed by atoms with Crippen LogP contribution in [0.1, 0.15) is 47.1 Å². The quantitative estimate of drug-likeness (QED) is 0.316. The molecule has 198 valence electrons. The number of nitrogens with zero attached hydrogens (tertiary/aromatic N) is 3. The van der Waals surface area contributed by atoms with Crippen molar-refractivity contribution < 1.29 is 27.1 Å². The first kappa shape index (κ1) is 25.9. The van der Waals surface area contributed by atoms with Crippen molar-refractivity contribution in [3.8, 4) is 5.75 Å². The van der Waals surface area contributed by atoms with Gasteiger partial charge in [0.1, 0.15) is 18.5 Å². The molecule has 2 aliphatic rings. The summed E-state index contributed by atoms with van der Waals surface area (Å²) in [6, 6.07) is 10.0. The van der Waals surface area contributed by atoms with Crippen LogP contribution < -0.4 is 15.2 Å². The van der Waals surface area contributed by atoms with E-state index >= 15 is 0 Å². The molecule has 0 radical (unpaired) electrons. The summed E-state index contributed by atoms with van der Waals surface area (Å²) in [6.45, 7) is 5.53. The molecule has 38 heavy (non-hydrogen) atoms. The number of amides is 1. The van der Waals surface area contributed by atoms with Crippen molar-refractivity contribution in [3.63, 3.8) is 0 Å². The monoisotopic (exact) mass is 545 g/mol. The highest BCUT2D eigenvalue weighted by Crippen LogP contribution is 2.43. The smallest absolute Gasteiger partial charge is 0.408 e. The van der Waals surface area contributed by atoms with Gasteiger partial charge in [-0.2, -0.15) is 13.2 Å². The second-order valence-corrected chi connectivity index (χ2v) is 10.2. The van der Waals surface area contributed by atoms with Crippen molar-refractivity contribution in [2.45, 2.75) is 42.8 Å². The van der Waals surface area contributed by atoms with Gasteiger partial charge in [-0.3, -0.25) is 19.3 Å². The van der Waals surface area contributed by atoms with E-state index in [0.29, 0.717) is 21.1 Å². The van der Waals surface area contributed by atoms with Gasteiger partial charge in [0.15, 0.2) is 5.69 Å². The number of ether oxygens (including phenoxy) is 1. The molecule has 11 heteroatoms. The number of fused-ring (bicyclic) bond motifs is 3. The number of benzene rings is 2. The Balaban J connectivity index is 1.80. The summed E-state index contributed by atoms with van der Waals surface area (Å²) in [5.74, 6) is -1.25. The molecule has 2 atom stereocenters. The van der Waals surface area contributed by atoms with Crippen LogP contribution in [0.25, 0.3) is 0 Å². The summed E-state index contributed by atoms with van der Waals surface area (Å²) < 4.78 is 63.0. The maximum Gasteiger partial charge on any atom is 0.408 e. The number of allylic oxidation sites excluding steroid dienone is 1. The summed E-state index contributed by atoms with van der Waals surface area (Å²) in [4.78, 5) is 27.6. The fraction of sp³-hybridized carbons (Fsp3) is 0.259. The van der Waals surface area contributed by atoms with Crippen LogP contribution in [0.2, 0.25) is 0 Å². The van der Waals surface area contributed by atoms with Crippen LogP contribution in [0.3, 0.4) is 0 Å². The molecule has 0 unspecified atom stereocenters. The molecule has 1 amide bonds. The van der Waals surface area contributed by atoms with Gasteiger partial charge in [-0.05, 0) is 42.7 Å². The molecule has 2 aliphatic heterocycles. The minimum Gasteiger partial charge on any atom is -0.456 e. The highest BCUT2D eigenvalue weighted by atomic mass is 32.2. The van der Waals surface area contributed by atoms with Crippen LogP contribution in [-0.4, -0.2) is 34.4 Å². The molecular weight excluding hydrogens is 522 g/mol. The minimum atomic E-state index is -4.73. The van der Waals surface area contributed by atoms with Gasteiger partial charge < -0.3 is 9.64 Å². The maximum absolute atomic E-state index is 14.3. The van der Waals surface area contributed by atoms with Gasteiger partial charge in [0, 0.05) is 22.9 Å². The van der Waals surface area contributed by atoms with Crippen molar-refractivity contribution in [1.82, 2.24) is 9.58 Å². The normalized spacial score (nSPS) is 17.7. The van der Waals surface area contributed by atoms with E-state index in [-0.39, 0.29) is 11.5 Å². The lowest BCUT2D eigenvalue weighted by atomic mass is 9.94. The lowest BCUT2D eigenvalue weighted by molar-refractivity contribution is -0.173. The predicted molar refractivity (Wildman–Crippen MR) is 135 cm³/mol. The summed E-state index contributed by atoms with van der Waals surface area (Å²) in [5.41, 5.74) is 1.33. The standard InChI is InChI=1S/C27H23F4N3O3S/c1-15(2)37-25-21(35)10-11-33-24(25)26(36)32(16(3)27(29,30)31)14-34(33)23-19-7-5-4-6-17(19)13-38-22-12-18(28)8-9-20(22)23/h4-12,16,23H,1,13-14H2,2-3H3/t16-,23+/m1/s1. The Bertz CT molecular complexity index is 1500. The lowest BCUT2D eigenvalue weighted by Crippen LogP contribution is -2.60. The molecule has 0 saturated heterocycles. The molecule has 3 heterocycles. The van der Waals surface area contributed by atoms with Crippen LogP contribution in [0.15, 0.2) is 76.8 Å². The number of carbonyl (C=O) groups excluding carboxylic acids is 1. The number of hydrogen-bond donors (Lipinski definition) is 0. The molecule has 1 aromatic heterocycles. The summed E-state index contributed by atoms with van der Waals surface area (Å²) in [6.07, 6.45) is -3.38. The van der Waals surface area contributed by atoms with Gasteiger partial charge >= 0.3 is 6.18 Å². The zero-order valence-electron chi connectivity index (χ0n) is 20.5. The van der Waals surface area contributed by atoms with Crippen LogP contribution in [0.4, 0.5) is 17.6 Å². The second kappa shape index (κ2) is 9.54. The predicted octanol–water partition coefficient (Wildman–Crippen LogP) is 5.60. The minimum absolute atomic E-state index is 0.0912. The molecule has 0 bridgehead atoms. The molecule has 5 rings (SSSR count). The largest absolute Gasteiger partial charge is 0.456 e. The van der Waals surface area contributed by atoms with Gasteiger partial charge in [0.25, 0.3) is 5.91 Å². The zero-order chi connectivity index (χ0) is 27.4. The molecule has 0 aliphatic carbocycles. The number of halogens is 4. The van der Waals surface area contributed by atoms with E-state index in [9.17, 15) is 27.2 Å². The summed E-state index contributed by atoms with van der Waals surface area (Å²) >= 11 is 1.42. The fourth-order valence-electron chi connectivity index (χ4n) is 4.73. The zero-order valence-corrected chi connectivity index (χ0v) is 21.3. The van der Waals surface area contributed by atoms with Crippen LogP contribution in [0.5, 0.6) is 5.75 Å². The SMILES string of the molecule is C=C(C)Oc1c2n(ccc1=O)N([C@H]1c3ccccc3CSc3cc(F)ccc31)CN([C@H](C)C(F)(F)F)C2=O. The third-order valence-electron chi connectivity index (χ3n) is 6.59. The van der Waals surface area contributed by atoms with Crippen molar-refractivity contribution in [3.05, 3.63) is 105 Å². The Kier molecular flexibility index (Phi) is 6.50. The summed E-state index contributed by atoms with van der Waals surface area (Å²) in [5, 5.41) is 1.57. The molecule has 0 saturated carbocycles. The van der Waals surface area contributed by atoms with Crippen LogP contribution in [0, 0.1) is 5.82 Å². The van der Waals surface area contributed by atoms with Crippen LogP contribution in [-0.2, 0) is 5.75 Å². The molecule has 3 aromatic rings. The molecular formula is C27H23F4N3O3S. The van der Waals surface area contributed by atoms with E-state index in [1.807, 2.05) is 24.3 Å². The Hall–Kier alpha value is -3.73. The van der Waals surface area contributed by atoms with E-state index in [1.54, 1.807) is 11.1 Å². The van der Waals surface area contributed by atoms with E-state index in [4.69, 9.17) is 4.74 Å². The molecule has 0 N–H and O–H groups in total. The first-order chi connectivity index (χ1) is 18.0. The number of pyridine rings is 1. The number of alkyl halides is 3. The average Bonchev–Trinajstić information content (AvgIpc) is 3.01. The van der Waals surface area contributed by atoms with Crippen LogP contribution >= 0.6 is 11.8 Å². The first-order valence-corrected chi connectivity index (χ1v) is 12.7. The van der Waals surface area contributed by atoms with Gasteiger partial charge in [0.2, 0.25) is 11.2 Å². The molecule has 2 aromatic carbocycles. The van der Waals surface area contributed by atoms with E-state index < -0.39 is 47.8 Å². The highest BCUT2D eigenvalue weighted by Gasteiger charge is 2.47. The van der Waals surface area contributed by atoms with Gasteiger partial charge in [-0.15, -0.1) is 11.8 Å². The van der Waals surface area contributed by atoms with E-state index in [1.165, 1.54) is 47.8 Å². The number of rotatable bonds is 4. The highest BCUT2D eigenvalue weighted by molar-refractivity contribution is 7.98. The number of aromatic nitrogens is 1. The first-order valence-electron chi connectivity index (χ1n) is 11.7. The average molecular weight is 546 g/mol. The van der Waals surface area contributed by atoms with Crippen molar-refractivity contribution >= 4 is 17.7 Å². The third kappa shape index (κ3) is 4.44. The Morgan fingerprint density at radius 1 is 1.13 bits per heavy atom. The van der Waals surface area contributed by atoms with Crippen molar-refractivity contribution in [2.75, 3.05) is 11.7 Å².